The quantitative estimate of drug-likeness (QED) is 0.711. The molecule has 0 unspecified atom stereocenters. The summed E-state index contributed by atoms with van der Waals surface area (Å²) in [7, 11) is 0. The second-order valence-corrected chi connectivity index (χ2v) is 8.93. The highest BCUT2D eigenvalue weighted by Crippen LogP contribution is 2.28. The third kappa shape index (κ3) is 6.04. The molecule has 2 fully saturated rings. The maximum atomic E-state index is 13.0. The van der Waals surface area contributed by atoms with Gasteiger partial charge in [-0.05, 0) is 50.5 Å². The Morgan fingerprint density at radius 2 is 1.76 bits per heavy atom. The van der Waals surface area contributed by atoms with Crippen LogP contribution in [0.4, 0.5) is 24.7 Å². The van der Waals surface area contributed by atoms with Crippen molar-refractivity contribution in [2.45, 2.75) is 44.4 Å². The fourth-order valence-corrected chi connectivity index (χ4v) is 4.73. The van der Waals surface area contributed by atoms with E-state index in [0.29, 0.717) is 30.5 Å². The van der Waals surface area contributed by atoms with Crippen molar-refractivity contribution in [1.82, 2.24) is 19.8 Å². The third-order valence-electron chi connectivity index (χ3n) is 6.80. The van der Waals surface area contributed by atoms with Crippen LogP contribution in [0.15, 0.2) is 42.7 Å². The van der Waals surface area contributed by atoms with E-state index in [0.717, 1.165) is 51.3 Å². The molecule has 34 heavy (non-hydrogen) atoms. The van der Waals surface area contributed by atoms with Gasteiger partial charge >= 0.3 is 6.18 Å². The fourth-order valence-electron chi connectivity index (χ4n) is 4.73. The van der Waals surface area contributed by atoms with Gasteiger partial charge in [-0.25, -0.2) is 4.98 Å². The molecule has 7 nitrogen and oxygen atoms in total. The largest absolute Gasteiger partial charge is 0.403 e. The van der Waals surface area contributed by atoms with Gasteiger partial charge in [-0.3, -0.25) is 19.6 Å². The Morgan fingerprint density at radius 1 is 1.03 bits per heavy atom. The van der Waals surface area contributed by atoms with Crippen molar-refractivity contribution < 1.29 is 18.0 Å². The first-order chi connectivity index (χ1) is 16.3. The van der Waals surface area contributed by atoms with Crippen molar-refractivity contribution in [2.75, 3.05) is 49.5 Å². The SMILES string of the molecule is C[C@H](N1CCC(N2CCCN(c3cccc(C(=O)Nc4ccncc4)n3)CC2)CC1)C(F)(F)F. The van der Waals surface area contributed by atoms with Crippen LogP contribution in [-0.2, 0) is 0 Å². The van der Waals surface area contributed by atoms with Gasteiger partial charge in [0.05, 0.1) is 0 Å². The first kappa shape index (κ1) is 24.4. The summed E-state index contributed by atoms with van der Waals surface area (Å²) in [5.41, 5.74) is 1.01. The van der Waals surface area contributed by atoms with Gasteiger partial charge in [0.25, 0.3) is 5.91 Å². The smallest absolute Gasteiger partial charge is 0.355 e. The van der Waals surface area contributed by atoms with Gasteiger partial charge in [0.15, 0.2) is 0 Å². The summed E-state index contributed by atoms with van der Waals surface area (Å²) in [6.07, 6.45) is 1.50. The molecule has 2 saturated heterocycles. The molecule has 184 valence electrons. The minimum absolute atomic E-state index is 0.274. The lowest BCUT2D eigenvalue weighted by atomic mass is 10.0. The summed E-state index contributed by atoms with van der Waals surface area (Å²) in [5, 5.41) is 2.83. The first-order valence-corrected chi connectivity index (χ1v) is 11.8. The number of amides is 1. The number of hydrogen-bond acceptors (Lipinski definition) is 6. The summed E-state index contributed by atoms with van der Waals surface area (Å²) < 4.78 is 39.1. The minimum Gasteiger partial charge on any atom is -0.355 e. The molecule has 2 aliphatic rings. The molecule has 0 bridgehead atoms. The number of rotatable bonds is 5. The van der Waals surface area contributed by atoms with Gasteiger partial charge in [0.1, 0.15) is 17.6 Å². The van der Waals surface area contributed by atoms with Crippen LogP contribution in [0.1, 0.15) is 36.7 Å². The number of piperidine rings is 1. The average Bonchev–Trinajstić information content (AvgIpc) is 3.10. The number of hydrogen-bond donors (Lipinski definition) is 1. The molecular formula is C24H31F3N6O. The van der Waals surface area contributed by atoms with Gasteiger partial charge in [-0.15, -0.1) is 0 Å². The van der Waals surface area contributed by atoms with Crippen LogP contribution < -0.4 is 10.2 Å². The van der Waals surface area contributed by atoms with E-state index < -0.39 is 12.2 Å². The Kier molecular flexibility index (Phi) is 7.67. The zero-order valence-corrected chi connectivity index (χ0v) is 19.3. The number of alkyl halides is 3. The summed E-state index contributed by atoms with van der Waals surface area (Å²) >= 11 is 0. The highest BCUT2D eigenvalue weighted by Gasteiger charge is 2.41. The molecule has 4 heterocycles. The van der Waals surface area contributed by atoms with Crippen molar-refractivity contribution in [3.05, 3.63) is 48.4 Å². The fraction of sp³-hybridized carbons (Fsp3) is 0.542. The van der Waals surface area contributed by atoms with Gasteiger partial charge in [0, 0.05) is 63.4 Å². The molecule has 1 atom stereocenters. The Bertz CT molecular complexity index is 949. The van der Waals surface area contributed by atoms with Crippen molar-refractivity contribution in [3.63, 3.8) is 0 Å². The summed E-state index contributed by atoms with van der Waals surface area (Å²) in [5.74, 6) is 0.488. The van der Waals surface area contributed by atoms with Crippen LogP contribution in [0.3, 0.4) is 0 Å². The lowest BCUT2D eigenvalue weighted by Gasteiger charge is -2.40. The summed E-state index contributed by atoms with van der Waals surface area (Å²) in [4.78, 5) is 27.3. The van der Waals surface area contributed by atoms with Crippen LogP contribution in [0.5, 0.6) is 0 Å². The number of anilines is 2. The zero-order chi connectivity index (χ0) is 24.1. The lowest BCUT2D eigenvalue weighted by molar-refractivity contribution is -0.182. The number of nitrogens with zero attached hydrogens (tertiary/aromatic N) is 5. The van der Waals surface area contributed by atoms with E-state index in [4.69, 9.17) is 0 Å². The number of carbonyl (C=O) groups excluding carboxylic acids is 1. The van der Waals surface area contributed by atoms with Crippen LogP contribution in [0.25, 0.3) is 0 Å². The van der Waals surface area contributed by atoms with Crippen LogP contribution in [0, 0.1) is 0 Å². The van der Waals surface area contributed by atoms with Crippen molar-refractivity contribution in [2.24, 2.45) is 0 Å². The van der Waals surface area contributed by atoms with Crippen LogP contribution in [0.2, 0.25) is 0 Å². The molecule has 0 aromatic carbocycles. The van der Waals surface area contributed by atoms with Gasteiger partial charge in [0.2, 0.25) is 0 Å². The maximum Gasteiger partial charge on any atom is 0.403 e. The predicted molar refractivity (Wildman–Crippen MR) is 125 cm³/mol. The second-order valence-electron chi connectivity index (χ2n) is 8.93. The number of halogens is 3. The Balaban J connectivity index is 1.32. The minimum atomic E-state index is -4.17. The topological polar surface area (TPSA) is 64.6 Å². The molecule has 1 N–H and O–H groups in total. The standard InChI is InChI=1S/C24H31F3N6O/c1-18(24(25,26)27)31-14-8-20(9-15-31)32-12-3-13-33(17-16-32)22-5-2-4-21(30-22)23(34)29-19-6-10-28-11-7-19/h2,4-7,10-11,18,20H,3,8-9,12-17H2,1H3,(H,28,29,34)/t18-/m0/s1. The highest BCUT2D eigenvalue weighted by atomic mass is 19.4. The molecule has 1 amide bonds. The number of pyridine rings is 2. The van der Waals surface area contributed by atoms with Crippen molar-refractivity contribution >= 4 is 17.4 Å². The molecule has 0 aliphatic carbocycles. The Hall–Kier alpha value is -2.72. The first-order valence-electron chi connectivity index (χ1n) is 11.8. The van der Waals surface area contributed by atoms with Crippen molar-refractivity contribution in [3.8, 4) is 0 Å². The zero-order valence-electron chi connectivity index (χ0n) is 19.3. The molecule has 0 spiro atoms. The van der Waals surface area contributed by atoms with E-state index in [9.17, 15) is 18.0 Å². The van der Waals surface area contributed by atoms with Gasteiger partial charge < -0.3 is 10.2 Å². The molecule has 0 saturated carbocycles. The van der Waals surface area contributed by atoms with E-state index in [-0.39, 0.29) is 5.91 Å². The van der Waals surface area contributed by atoms with Crippen LogP contribution >= 0.6 is 0 Å². The van der Waals surface area contributed by atoms with Crippen molar-refractivity contribution in [1.29, 1.82) is 0 Å². The molecule has 4 rings (SSSR count). The summed E-state index contributed by atoms with van der Waals surface area (Å²) in [6, 6.07) is 7.81. The molecule has 0 radical (unpaired) electrons. The maximum absolute atomic E-state index is 13.0. The molecule has 2 aromatic rings. The number of carbonyl (C=O) groups is 1. The van der Waals surface area contributed by atoms with E-state index in [1.165, 1.54) is 6.92 Å². The number of nitrogens with one attached hydrogen (secondary N) is 1. The second kappa shape index (κ2) is 10.7. The van der Waals surface area contributed by atoms with Crippen LogP contribution in [-0.4, -0.2) is 83.2 Å². The summed E-state index contributed by atoms with van der Waals surface area (Å²) in [6.45, 7) is 5.53. The number of likely N-dealkylation sites (tertiary alicyclic amines) is 1. The molecule has 10 heteroatoms. The Morgan fingerprint density at radius 3 is 2.47 bits per heavy atom. The van der Waals surface area contributed by atoms with Gasteiger partial charge in [-0.1, -0.05) is 6.07 Å². The molecular weight excluding hydrogens is 445 g/mol. The lowest BCUT2D eigenvalue weighted by Crippen LogP contribution is -2.51. The third-order valence-corrected chi connectivity index (χ3v) is 6.80. The highest BCUT2D eigenvalue weighted by molar-refractivity contribution is 6.03. The van der Waals surface area contributed by atoms with E-state index in [1.54, 1.807) is 35.5 Å². The molecule has 2 aliphatic heterocycles. The van der Waals surface area contributed by atoms with E-state index >= 15 is 0 Å². The number of aromatic nitrogens is 2. The Labute approximate surface area is 198 Å². The molecule has 2 aromatic heterocycles. The van der Waals surface area contributed by atoms with E-state index in [2.05, 4.69) is 25.1 Å². The van der Waals surface area contributed by atoms with Gasteiger partial charge in [-0.2, -0.15) is 13.2 Å². The average molecular weight is 477 g/mol. The normalized spacial score (nSPS) is 20.1. The monoisotopic (exact) mass is 476 g/mol. The predicted octanol–water partition coefficient (Wildman–Crippen LogP) is 3.66. The van der Waals surface area contributed by atoms with E-state index in [1.807, 2.05) is 12.1 Å².